The molecule has 0 amide bonds. The highest BCUT2D eigenvalue weighted by Gasteiger charge is 2.20. The van der Waals surface area contributed by atoms with Gasteiger partial charge in [-0.3, -0.25) is 14.2 Å². The second-order valence-electron chi connectivity index (χ2n) is 5.72. The van der Waals surface area contributed by atoms with Crippen molar-refractivity contribution in [2.75, 3.05) is 14.2 Å². The van der Waals surface area contributed by atoms with E-state index in [1.807, 2.05) is 6.07 Å². The van der Waals surface area contributed by atoms with E-state index in [1.54, 1.807) is 24.3 Å². The van der Waals surface area contributed by atoms with Crippen molar-refractivity contribution in [1.29, 1.82) is 5.26 Å². The van der Waals surface area contributed by atoms with Crippen LogP contribution in [0.2, 0.25) is 0 Å². The average Bonchev–Trinajstić information content (AvgIpc) is 2.69. The first-order valence-electron chi connectivity index (χ1n) is 7.97. The van der Waals surface area contributed by atoms with E-state index in [1.165, 1.54) is 32.4 Å². The predicted octanol–water partition coefficient (Wildman–Crippen LogP) is 2.86. The standard InChI is InChI=1S/C20H15FN2O4/c1-26-14-6-7-15-16(9-14)19(12-4-3-5-13(21)8-12)17(10-22)23(20(15)25)11-18(24)27-2/h3-9H,11H2,1-2H3. The Morgan fingerprint density at radius 3 is 2.59 bits per heavy atom. The van der Waals surface area contributed by atoms with Crippen LogP contribution in [-0.2, 0) is 16.1 Å². The van der Waals surface area contributed by atoms with Crippen LogP contribution in [0, 0.1) is 17.1 Å². The maximum absolute atomic E-state index is 13.8. The van der Waals surface area contributed by atoms with Crippen molar-refractivity contribution in [3.63, 3.8) is 0 Å². The lowest BCUT2D eigenvalue weighted by Gasteiger charge is -2.16. The molecule has 3 aromatic rings. The molecule has 0 spiro atoms. The van der Waals surface area contributed by atoms with Crippen LogP contribution in [0.5, 0.6) is 5.75 Å². The van der Waals surface area contributed by atoms with E-state index in [9.17, 15) is 19.2 Å². The third kappa shape index (κ3) is 3.25. The van der Waals surface area contributed by atoms with Gasteiger partial charge in [0.1, 0.15) is 29.9 Å². The first-order valence-corrected chi connectivity index (χ1v) is 7.97. The van der Waals surface area contributed by atoms with Crippen molar-refractivity contribution in [1.82, 2.24) is 4.57 Å². The molecule has 0 aliphatic heterocycles. The molecule has 0 aliphatic carbocycles. The summed E-state index contributed by atoms with van der Waals surface area (Å²) in [4.78, 5) is 24.7. The molecule has 136 valence electrons. The molecular weight excluding hydrogens is 351 g/mol. The fourth-order valence-electron chi connectivity index (χ4n) is 2.95. The first-order chi connectivity index (χ1) is 13.0. The SMILES string of the molecule is COC(=O)Cn1c(C#N)c(-c2cccc(F)c2)c2cc(OC)ccc2c1=O. The van der Waals surface area contributed by atoms with Crippen molar-refractivity contribution >= 4 is 16.7 Å². The van der Waals surface area contributed by atoms with Crippen molar-refractivity contribution in [3.05, 3.63) is 64.3 Å². The molecule has 0 fully saturated rings. The van der Waals surface area contributed by atoms with Gasteiger partial charge < -0.3 is 9.47 Å². The molecule has 0 radical (unpaired) electrons. The summed E-state index contributed by atoms with van der Waals surface area (Å²) in [5.41, 5.74) is 0.171. The molecule has 1 heterocycles. The zero-order valence-corrected chi connectivity index (χ0v) is 14.7. The molecular formula is C20H15FN2O4. The lowest BCUT2D eigenvalue weighted by Crippen LogP contribution is -2.28. The van der Waals surface area contributed by atoms with E-state index in [-0.39, 0.29) is 11.1 Å². The number of pyridine rings is 1. The second kappa shape index (κ2) is 7.30. The van der Waals surface area contributed by atoms with Crippen LogP contribution in [0.1, 0.15) is 5.69 Å². The van der Waals surface area contributed by atoms with Crippen LogP contribution >= 0.6 is 0 Å². The van der Waals surface area contributed by atoms with Gasteiger partial charge in [0.15, 0.2) is 0 Å². The van der Waals surface area contributed by atoms with Crippen LogP contribution in [0.3, 0.4) is 0 Å². The van der Waals surface area contributed by atoms with Crippen LogP contribution in [0.4, 0.5) is 4.39 Å². The summed E-state index contributed by atoms with van der Waals surface area (Å²) in [6, 6.07) is 12.4. The number of rotatable bonds is 4. The van der Waals surface area contributed by atoms with E-state index in [2.05, 4.69) is 4.74 Å². The molecule has 0 aliphatic rings. The summed E-state index contributed by atoms with van der Waals surface area (Å²) < 4.78 is 24.7. The van der Waals surface area contributed by atoms with Crippen LogP contribution in [0.15, 0.2) is 47.3 Å². The fraction of sp³-hybridized carbons (Fsp3) is 0.150. The molecule has 3 rings (SSSR count). The van der Waals surface area contributed by atoms with Crippen LogP contribution in [0.25, 0.3) is 21.9 Å². The minimum Gasteiger partial charge on any atom is -0.497 e. The number of esters is 1. The minimum atomic E-state index is -0.674. The third-order valence-corrected chi connectivity index (χ3v) is 4.21. The van der Waals surface area contributed by atoms with Crippen molar-refractivity contribution in [2.24, 2.45) is 0 Å². The minimum absolute atomic E-state index is 0.0586. The number of nitriles is 1. The topological polar surface area (TPSA) is 81.3 Å². The normalized spacial score (nSPS) is 10.4. The summed E-state index contributed by atoms with van der Waals surface area (Å²) in [5, 5.41) is 10.4. The molecule has 7 heteroatoms. The Hall–Kier alpha value is -3.66. The average molecular weight is 366 g/mol. The summed E-state index contributed by atoms with van der Waals surface area (Å²) in [5.74, 6) is -0.682. The number of hydrogen-bond acceptors (Lipinski definition) is 5. The van der Waals surface area contributed by atoms with Crippen LogP contribution in [-0.4, -0.2) is 24.8 Å². The Labute approximate surface area is 154 Å². The van der Waals surface area contributed by atoms with Gasteiger partial charge >= 0.3 is 5.97 Å². The van der Waals surface area contributed by atoms with E-state index in [0.29, 0.717) is 22.3 Å². The molecule has 0 saturated carbocycles. The number of hydrogen-bond donors (Lipinski definition) is 0. The molecule has 0 atom stereocenters. The van der Waals surface area contributed by atoms with Crippen molar-refractivity contribution in [3.8, 4) is 22.9 Å². The Morgan fingerprint density at radius 2 is 1.96 bits per heavy atom. The molecule has 0 saturated heterocycles. The van der Waals surface area contributed by atoms with Crippen molar-refractivity contribution in [2.45, 2.75) is 6.54 Å². The van der Waals surface area contributed by atoms with Gasteiger partial charge in [-0.25, -0.2) is 4.39 Å². The van der Waals surface area contributed by atoms with Gasteiger partial charge in [-0.2, -0.15) is 5.26 Å². The van der Waals surface area contributed by atoms with Gasteiger partial charge in [0, 0.05) is 16.3 Å². The third-order valence-electron chi connectivity index (χ3n) is 4.21. The maximum Gasteiger partial charge on any atom is 0.325 e. The fourth-order valence-corrected chi connectivity index (χ4v) is 2.95. The van der Waals surface area contributed by atoms with Gasteiger partial charge in [-0.1, -0.05) is 12.1 Å². The summed E-state index contributed by atoms with van der Waals surface area (Å²) >= 11 is 0. The predicted molar refractivity (Wildman–Crippen MR) is 96.9 cm³/mol. The number of aromatic nitrogens is 1. The summed E-state index contributed by atoms with van der Waals surface area (Å²) in [7, 11) is 2.67. The second-order valence-corrected chi connectivity index (χ2v) is 5.72. The number of fused-ring (bicyclic) bond motifs is 1. The van der Waals surface area contributed by atoms with E-state index >= 15 is 0 Å². The van der Waals surface area contributed by atoms with Crippen molar-refractivity contribution < 1.29 is 18.7 Å². The Kier molecular flexibility index (Phi) is 4.90. The number of nitrogens with zero attached hydrogens (tertiary/aromatic N) is 2. The number of ether oxygens (including phenoxy) is 2. The summed E-state index contributed by atoms with van der Waals surface area (Å²) in [6.45, 7) is -0.428. The molecule has 27 heavy (non-hydrogen) atoms. The highest BCUT2D eigenvalue weighted by atomic mass is 19.1. The highest BCUT2D eigenvalue weighted by molar-refractivity contribution is 5.99. The number of halogens is 1. The largest absolute Gasteiger partial charge is 0.497 e. The van der Waals surface area contributed by atoms with Gasteiger partial charge in [0.05, 0.1) is 14.2 Å². The number of methoxy groups -OCH3 is 2. The maximum atomic E-state index is 13.8. The first kappa shape index (κ1) is 18.1. The number of carbonyl (C=O) groups is 1. The quantitative estimate of drug-likeness (QED) is 0.663. The Morgan fingerprint density at radius 1 is 1.19 bits per heavy atom. The highest BCUT2D eigenvalue weighted by Crippen LogP contribution is 2.33. The zero-order chi connectivity index (χ0) is 19.6. The van der Waals surface area contributed by atoms with E-state index in [0.717, 1.165) is 4.57 Å². The molecule has 6 nitrogen and oxygen atoms in total. The molecule has 0 unspecified atom stereocenters. The number of benzene rings is 2. The molecule has 0 bridgehead atoms. The van der Waals surface area contributed by atoms with E-state index < -0.39 is 23.9 Å². The van der Waals surface area contributed by atoms with Crippen LogP contribution < -0.4 is 10.3 Å². The smallest absolute Gasteiger partial charge is 0.325 e. The zero-order valence-electron chi connectivity index (χ0n) is 14.7. The molecule has 0 N–H and O–H groups in total. The van der Waals surface area contributed by atoms with E-state index in [4.69, 9.17) is 4.74 Å². The molecule has 1 aromatic heterocycles. The van der Waals surface area contributed by atoms with Gasteiger partial charge in [-0.15, -0.1) is 0 Å². The Balaban J connectivity index is 2.49. The lowest BCUT2D eigenvalue weighted by molar-refractivity contribution is -0.141. The number of carbonyl (C=O) groups excluding carboxylic acids is 1. The summed E-state index contributed by atoms with van der Waals surface area (Å²) in [6.07, 6.45) is 0. The van der Waals surface area contributed by atoms with Gasteiger partial charge in [0.2, 0.25) is 0 Å². The van der Waals surface area contributed by atoms with Gasteiger partial charge in [-0.05, 0) is 35.9 Å². The monoisotopic (exact) mass is 366 g/mol. The molecule has 2 aromatic carbocycles. The van der Waals surface area contributed by atoms with Gasteiger partial charge in [0.25, 0.3) is 5.56 Å². The lowest BCUT2D eigenvalue weighted by atomic mass is 9.96. The Bertz CT molecular complexity index is 1150.